The SMILES string of the molecule is CCOc1ncnc(NCCCS(C)=O)c1N. The number of nitrogens with one attached hydrogen (secondary N) is 1. The van der Waals surface area contributed by atoms with Crippen LogP contribution in [0.2, 0.25) is 0 Å². The largest absolute Gasteiger partial charge is 0.476 e. The number of rotatable bonds is 7. The third-order valence-electron chi connectivity index (χ3n) is 2.03. The molecule has 0 saturated heterocycles. The second-order valence-electron chi connectivity index (χ2n) is 3.43. The van der Waals surface area contributed by atoms with Crippen LogP contribution in [-0.4, -0.2) is 39.3 Å². The van der Waals surface area contributed by atoms with Crippen molar-refractivity contribution in [1.29, 1.82) is 0 Å². The standard InChI is InChI=1S/C10H18N4O2S/c1-3-16-10-8(11)9(13-7-14-10)12-5-4-6-17(2)15/h7H,3-6,11H2,1-2H3,(H,12,13,14). The fraction of sp³-hybridized carbons (Fsp3) is 0.600. The average molecular weight is 258 g/mol. The Morgan fingerprint density at radius 2 is 2.29 bits per heavy atom. The first-order valence-electron chi connectivity index (χ1n) is 5.42. The molecule has 1 unspecified atom stereocenters. The van der Waals surface area contributed by atoms with E-state index in [-0.39, 0.29) is 0 Å². The summed E-state index contributed by atoms with van der Waals surface area (Å²) in [5, 5.41) is 3.08. The Balaban J connectivity index is 2.53. The van der Waals surface area contributed by atoms with E-state index in [4.69, 9.17) is 10.5 Å². The van der Waals surface area contributed by atoms with Crippen LogP contribution in [0, 0.1) is 0 Å². The lowest BCUT2D eigenvalue weighted by Gasteiger charge is -2.10. The molecular formula is C10H18N4O2S. The van der Waals surface area contributed by atoms with Crippen LogP contribution in [-0.2, 0) is 10.8 Å². The Hall–Kier alpha value is -1.37. The van der Waals surface area contributed by atoms with E-state index in [2.05, 4.69) is 15.3 Å². The summed E-state index contributed by atoms with van der Waals surface area (Å²) < 4.78 is 16.1. The van der Waals surface area contributed by atoms with Gasteiger partial charge >= 0.3 is 0 Å². The number of anilines is 2. The van der Waals surface area contributed by atoms with Crippen molar-refractivity contribution in [2.75, 3.05) is 36.2 Å². The molecule has 17 heavy (non-hydrogen) atoms. The summed E-state index contributed by atoms with van der Waals surface area (Å²) in [5.74, 6) is 1.62. The van der Waals surface area contributed by atoms with Crippen molar-refractivity contribution in [3.63, 3.8) is 0 Å². The third-order valence-corrected chi connectivity index (χ3v) is 2.89. The highest BCUT2D eigenvalue weighted by Gasteiger charge is 2.07. The normalized spacial score (nSPS) is 12.1. The highest BCUT2D eigenvalue weighted by molar-refractivity contribution is 7.84. The Bertz CT molecular complexity index is 387. The van der Waals surface area contributed by atoms with Crippen LogP contribution in [0.25, 0.3) is 0 Å². The molecule has 0 saturated carbocycles. The van der Waals surface area contributed by atoms with E-state index in [1.807, 2.05) is 6.92 Å². The van der Waals surface area contributed by atoms with Crippen molar-refractivity contribution in [2.45, 2.75) is 13.3 Å². The summed E-state index contributed by atoms with van der Waals surface area (Å²) in [7, 11) is -0.765. The fourth-order valence-electron chi connectivity index (χ4n) is 1.25. The Labute approximate surface area is 103 Å². The molecule has 1 heterocycles. The summed E-state index contributed by atoms with van der Waals surface area (Å²) in [4.78, 5) is 7.97. The van der Waals surface area contributed by atoms with Gasteiger partial charge in [-0.25, -0.2) is 4.98 Å². The summed E-state index contributed by atoms with van der Waals surface area (Å²) in [6, 6.07) is 0. The Morgan fingerprint density at radius 3 is 2.94 bits per heavy atom. The van der Waals surface area contributed by atoms with E-state index >= 15 is 0 Å². The lowest BCUT2D eigenvalue weighted by atomic mass is 10.4. The second kappa shape index (κ2) is 7.05. The molecule has 1 aromatic rings. The van der Waals surface area contributed by atoms with Crippen molar-refractivity contribution < 1.29 is 8.95 Å². The fourth-order valence-corrected chi connectivity index (χ4v) is 1.81. The molecule has 1 aromatic heterocycles. The van der Waals surface area contributed by atoms with Gasteiger partial charge in [-0.05, 0) is 13.3 Å². The van der Waals surface area contributed by atoms with Crippen LogP contribution in [0.4, 0.5) is 11.5 Å². The summed E-state index contributed by atoms with van der Waals surface area (Å²) in [5.41, 5.74) is 6.25. The van der Waals surface area contributed by atoms with Gasteiger partial charge in [0.05, 0.1) is 6.61 Å². The highest BCUT2D eigenvalue weighted by Crippen LogP contribution is 2.24. The minimum Gasteiger partial charge on any atom is -0.476 e. The number of nitrogens with zero attached hydrogens (tertiary/aromatic N) is 2. The topological polar surface area (TPSA) is 90.1 Å². The van der Waals surface area contributed by atoms with Gasteiger partial charge in [-0.1, -0.05) is 0 Å². The van der Waals surface area contributed by atoms with Gasteiger partial charge in [0.2, 0.25) is 5.88 Å². The monoisotopic (exact) mass is 258 g/mol. The van der Waals surface area contributed by atoms with Gasteiger partial charge < -0.3 is 15.8 Å². The molecule has 0 amide bonds. The molecule has 0 radical (unpaired) electrons. The van der Waals surface area contributed by atoms with Crippen molar-refractivity contribution in [3.8, 4) is 5.88 Å². The van der Waals surface area contributed by atoms with Crippen LogP contribution in [0.3, 0.4) is 0 Å². The van der Waals surface area contributed by atoms with Gasteiger partial charge in [0.25, 0.3) is 0 Å². The van der Waals surface area contributed by atoms with E-state index in [1.165, 1.54) is 6.33 Å². The van der Waals surface area contributed by atoms with Gasteiger partial charge in [-0.3, -0.25) is 4.21 Å². The maximum Gasteiger partial charge on any atom is 0.242 e. The zero-order valence-corrected chi connectivity index (χ0v) is 10.9. The molecular weight excluding hydrogens is 240 g/mol. The molecule has 6 nitrogen and oxygen atoms in total. The zero-order valence-electron chi connectivity index (χ0n) is 10.1. The molecule has 0 fully saturated rings. The van der Waals surface area contributed by atoms with E-state index in [9.17, 15) is 4.21 Å². The minimum absolute atomic E-state index is 0.393. The number of aromatic nitrogens is 2. The molecule has 1 rings (SSSR count). The van der Waals surface area contributed by atoms with E-state index < -0.39 is 10.8 Å². The molecule has 0 bridgehead atoms. The lowest BCUT2D eigenvalue weighted by molar-refractivity contribution is 0.328. The molecule has 1 atom stereocenters. The first-order chi connectivity index (χ1) is 8.15. The van der Waals surface area contributed by atoms with Crippen molar-refractivity contribution in [3.05, 3.63) is 6.33 Å². The highest BCUT2D eigenvalue weighted by atomic mass is 32.2. The third kappa shape index (κ3) is 4.56. The molecule has 0 aliphatic heterocycles. The number of hydrogen-bond donors (Lipinski definition) is 2. The zero-order chi connectivity index (χ0) is 12.7. The Morgan fingerprint density at radius 1 is 1.53 bits per heavy atom. The van der Waals surface area contributed by atoms with Gasteiger partial charge in [-0.2, -0.15) is 4.98 Å². The van der Waals surface area contributed by atoms with Crippen molar-refractivity contribution in [2.24, 2.45) is 0 Å². The van der Waals surface area contributed by atoms with Gasteiger partial charge in [0.1, 0.15) is 12.0 Å². The first kappa shape index (κ1) is 13.7. The van der Waals surface area contributed by atoms with Crippen LogP contribution < -0.4 is 15.8 Å². The van der Waals surface area contributed by atoms with Crippen LogP contribution in [0.15, 0.2) is 6.33 Å². The number of hydrogen-bond acceptors (Lipinski definition) is 6. The van der Waals surface area contributed by atoms with Crippen LogP contribution >= 0.6 is 0 Å². The quantitative estimate of drug-likeness (QED) is 0.697. The molecule has 0 aromatic carbocycles. The van der Waals surface area contributed by atoms with Gasteiger partial charge in [0.15, 0.2) is 5.82 Å². The predicted molar refractivity (Wildman–Crippen MR) is 69.7 cm³/mol. The van der Waals surface area contributed by atoms with E-state index in [0.29, 0.717) is 36.3 Å². The molecule has 0 spiro atoms. The lowest BCUT2D eigenvalue weighted by Crippen LogP contribution is -2.10. The minimum atomic E-state index is -0.765. The summed E-state index contributed by atoms with van der Waals surface area (Å²) in [6.07, 6.45) is 3.89. The molecule has 96 valence electrons. The van der Waals surface area contributed by atoms with E-state index in [0.717, 1.165) is 6.42 Å². The molecule has 7 heteroatoms. The van der Waals surface area contributed by atoms with Crippen LogP contribution in [0.5, 0.6) is 5.88 Å². The first-order valence-corrected chi connectivity index (χ1v) is 7.15. The predicted octanol–water partition coefficient (Wildman–Crippen LogP) is 0.638. The number of nitrogens with two attached hydrogens (primary N) is 1. The van der Waals surface area contributed by atoms with E-state index in [1.54, 1.807) is 6.26 Å². The molecule has 0 aliphatic rings. The smallest absolute Gasteiger partial charge is 0.242 e. The van der Waals surface area contributed by atoms with Crippen molar-refractivity contribution >= 4 is 22.3 Å². The average Bonchev–Trinajstić information content (AvgIpc) is 2.29. The van der Waals surface area contributed by atoms with Crippen LogP contribution in [0.1, 0.15) is 13.3 Å². The summed E-state index contributed by atoms with van der Waals surface area (Å²) in [6.45, 7) is 3.05. The van der Waals surface area contributed by atoms with Gasteiger partial charge in [-0.15, -0.1) is 0 Å². The number of ether oxygens (including phenoxy) is 1. The maximum atomic E-state index is 10.9. The molecule has 0 aliphatic carbocycles. The number of nitrogen functional groups attached to an aromatic ring is 1. The van der Waals surface area contributed by atoms with Crippen molar-refractivity contribution in [1.82, 2.24) is 9.97 Å². The molecule has 3 N–H and O–H groups in total. The maximum absolute atomic E-state index is 10.9. The second-order valence-corrected chi connectivity index (χ2v) is 4.99. The van der Waals surface area contributed by atoms with Gasteiger partial charge in [0, 0.05) is 29.4 Å². The Kier molecular flexibility index (Phi) is 5.68. The summed E-state index contributed by atoms with van der Waals surface area (Å²) >= 11 is 0.